The van der Waals surface area contributed by atoms with Crippen LogP contribution in [0.25, 0.3) is 0 Å². The Kier molecular flexibility index (Phi) is 11.7. The molecular formula is C36H42Cl2N2O4S. The van der Waals surface area contributed by atoms with E-state index in [9.17, 15) is 14.4 Å². The number of rotatable bonds is 11. The summed E-state index contributed by atoms with van der Waals surface area (Å²) in [5, 5.41) is 4.58. The maximum atomic E-state index is 14.9. The molecule has 0 saturated carbocycles. The van der Waals surface area contributed by atoms with Crippen molar-refractivity contribution in [2.45, 2.75) is 70.7 Å². The standard InChI is InChI=1S/C36H42Cl2N2O4S/c1-22(2)31(21-45-23(3)4)40-33(24-10-14-27(37)15-11-24)30(26-8-7-9-28(38)18-26)19-36(5,35(40)43)20-32(41)39-29-16-12-25(13-17-29)34(42)44-6/h7-18,22-23,30-31,33H,19-21H2,1-6H3,(H,39,41)/t30-,31-,33-,36-/m1/s1. The van der Waals surface area contributed by atoms with E-state index in [1.807, 2.05) is 61.2 Å². The third kappa shape index (κ3) is 8.43. The number of amides is 2. The number of likely N-dealkylation sites (tertiary alicyclic amines) is 1. The smallest absolute Gasteiger partial charge is 0.337 e. The molecule has 240 valence electrons. The van der Waals surface area contributed by atoms with Crippen molar-refractivity contribution in [3.05, 3.63) is 99.5 Å². The number of esters is 1. The number of methoxy groups -OCH3 is 1. The molecule has 6 nitrogen and oxygen atoms in total. The van der Waals surface area contributed by atoms with Crippen molar-refractivity contribution in [1.29, 1.82) is 0 Å². The first-order chi connectivity index (χ1) is 21.3. The minimum atomic E-state index is -0.998. The highest BCUT2D eigenvalue weighted by Gasteiger charge is 2.52. The molecule has 9 heteroatoms. The lowest BCUT2D eigenvalue weighted by atomic mass is 9.66. The molecule has 1 saturated heterocycles. The van der Waals surface area contributed by atoms with Crippen molar-refractivity contribution in [1.82, 2.24) is 4.90 Å². The van der Waals surface area contributed by atoms with Gasteiger partial charge in [-0.1, -0.05) is 82.1 Å². The third-order valence-corrected chi connectivity index (χ3v) is 10.1. The largest absolute Gasteiger partial charge is 0.465 e. The summed E-state index contributed by atoms with van der Waals surface area (Å²) in [6.45, 7) is 10.5. The van der Waals surface area contributed by atoms with Crippen LogP contribution in [0.15, 0.2) is 72.8 Å². The van der Waals surface area contributed by atoms with Gasteiger partial charge in [-0.05, 0) is 77.2 Å². The highest BCUT2D eigenvalue weighted by molar-refractivity contribution is 7.99. The van der Waals surface area contributed by atoms with E-state index < -0.39 is 11.4 Å². The van der Waals surface area contributed by atoms with Crippen LogP contribution >= 0.6 is 35.0 Å². The van der Waals surface area contributed by atoms with Crippen molar-refractivity contribution in [2.75, 3.05) is 18.2 Å². The zero-order valence-corrected chi connectivity index (χ0v) is 29.0. The molecule has 3 aromatic carbocycles. The minimum Gasteiger partial charge on any atom is -0.465 e. The average Bonchev–Trinajstić information content (AvgIpc) is 2.99. The molecular weight excluding hydrogens is 627 g/mol. The molecule has 0 aromatic heterocycles. The highest BCUT2D eigenvalue weighted by Crippen LogP contribution is 2.53. The lowest BCUT2D eigenvalue weighted by Gasteiger charge is -2.53. The number of halogens is 2. The van der Waals surface area contributed by atoms with Gasteiger partial charge in [-0.15, -0.1) is 0 Å². The molecule has 0 radical (unpaired) electrons. The van der Waals surface area contributed by atoms with E-state index in [1.54, 1.807) is 24.3 Å². The van der Waals surface area contributed by atoms with Gasteiger partial charge >= 0.3 is 5.97 Å². The maximum Gasteiger partial charge on any atom is 0.337 e. The third-order valence-electron chi connectivity index (χ3n) is 8.46. The van der Waals surface area contributed by atoms with Crippen LogP contribution in [0.2, 0.25) is 10.0 Å². The monoisotopic (exact) mass is 668 g/mol. The lowest BCUT2D eigenvalue weighted by Crippen LogP contribution is -2.58. The molecule has 45 heavy (non-hydrogen) atoms. The average molecular weight is 670 g/mol. The van der Waals surface area contributed by atoms with Crippen molar-refractivity contribution in [3.8, 4) is 0 Å². The van der Waals surface area contributed by atoms with Crippen LogP contribution in [0.3, 0.4) is 0 Å². The lowest BCUT2D eigenvalue weighted by molar-refractivity contribution is -0.157. The number of hydrogen-bond acceptors (Lipinski definition) is 5. The van der Waals surface area contributed by atoms with E-state index in [2.05, 4.69) is 44.0 Å². The predicted molar refractivity (Wildman–Crippen MR) is 185 cm³/mol. The molecule has 2 amide bonds. The summed E-state index contributed by atoms with van der Waals surface area (Å²) in [7, 11) is 1.32. The molecule has 1 aliphatic heterocycles. The van der Waals surface area contributed by atoms with Gasteiger partial charge in [-0.3, -0.25) is 9.59 Å². The molecule has 0 unspecified atom stereocenters. The normalized spacial score (nSPS) is 20.8. The Morgan fingerprint density at radius 1 is 0.978 bits per heavy atom. The van der Waals surface area contributed by atoms with E-state index in [0.717, 1.165) is 16.9 Å². The maximum absolute atomic E-state index is 14.9. The number of nitrogens with one attached hydrogen (secondary N) is 1. The summed E-state index contributed by atoms with van der Waals surface area (Å²) in [6, 6.07) is 21.7. The van der Waals surface area contributed by atoms with Gasteiger partial charge in [0.15, 0.2) is 0 Å². The fourth-order valence-corrected chi connectivity index (χ4v) is 7.62. The number of thioether (sulfide) groups is 1. The molecule has 4 rings (SSSR count). The summed E-state index contributed by atoms with van der Waals surface area (Å²) in [4.78, 5) is 42.4. The summed E-state index contributed by atoms with van der Waals surface area (Å²) < 4.78 is 4.77. The molecule has 3 aromatic rings. The van der Waals surface area contributed by atoms with Crippen molar-refractivity contribution < 1.29 is 19.1 Å². The molecule has 4 atom stereocenters. The van der Waals surface area contributed by atoms with Gasteiger partial charge in [0, 0.05) is 39.9 Å². The Hall–Kier alpha value is -3.00. The Bertz CT molecular complexity index is 1500. The Labute approximate surface area is 281 Å². The Balaban J connectivity index is 1.77. The van der Waals surface area contributed by atoms with E-state index in [0.29, 0.717) is 33.0 Å². The Morgan fingerprint density at radius 2 is 1.64 bits per heavy atom. The minimum absolute atomic E-state index is 0.00632. The number of carbonyl (C=O) groups excluding carboxylic acids is 3. The molecule has 0 aliphatic carbocycles. The predicted octanol–water partition coefficient (Wildman–Crippen LogP) is 9.04. The van der Waals surface area contributed by atoms with Crippen LogP contribution in [-0.4, -0.2) is 46.8 Å². The van der Waals surface area contributed by atoms with E-state index in [1.165, 1.54) is 7.11 Å². The SMILES string of the molecule is COC(=O)c1ccc(NC(=O)C[C@@]2(C)C[C@H](c3cccc(Cl)c3)[C@@H](c3ccc(Cl)cc3)N([C@H](CSC(C)C)C(C)C)C2=O)cc1. The first-order valence-corrected chi connectivity index (χ1v) is 17.1. The van der Waals surface area contributed by atoms with Crippen molar-refractivity contribution in [2.24, 2.45) is 11.3 Å². The quantitative estimate of drug-likeness (QED) is 0.206. The number of piperidine rings is 1. The summed E-state index contributed by atoms with van der Waals surface area (Å²) in [5.41, 5.74) is 1.94. The number of benzene rings is 3. The van der Waals surface area contributed by atoms with E-state index >= 15 is 0 Å². The fraction of sp³-hybridized carbons (Fsp3) is 0.417. The van der Waals surface area contributed by atoms with E-state index in [-0.39, 0.29) is 42.2 Å². The zero-order chi connectivity index (χ0) is 32.9. The topological polar surface area (TPSA) is 75.7 Å². The van der Waals surface area contributed by atoms with Crippen molar-refractivity contribution in [3.63, 3.8) is 0 Å². The first-order valence-electron chi connectivity index (χ1n) is 15.3. The van der Waals surface area contributed by atoms with Crippen LogP contribution in [0, 0.1) is 11.3 Å². The van der Waals surface area contributed by atoms with Gasteiger partial charge in [-0.25, -0.2) is 4.79 Å². The van der Waals surface area contributed by atoms with Gasteiger partial charge in [0.1, 0.15) is 0 Å². The number of carbonyl (C=O) groups is 3. The number of ether oxygens (including phenoxy) is 1. The number of hydrogen-bond donors (Lipinski definition) is 1. The first kappa shape index (κ1) is 34.9. The van der Waals surface area contributed by atoms with Crippen LogP contribution in [0.1, 0.15) is 80.9 Å². The second-order valence-corrected chi connectivity index (χ2v) is 15.1. The fourth-order valence-electron chi connectivity index (χ4n) is 6.16. The van der Waals surface area contributed by atoms with Crippen molar-refractivity contribution >= 4 is 58.4 Å². The number of anilines is 1. The van der Waals surface area contributed by atoms with Gasteiger partial charge in [0.05, 0.1) is 24.1 Å². The zero-order valence-electron chi connectivity index (χ0n) is 26.7. The van der Waals surface area contributed by atoms with Crippen LogP contribution < -0.4 is 5.32 Å². The van der Waals surface area contributed by atoms with Gasteiger partial charge in [0.2, 0.25) is 11.8 Å². The van der Waals surface area contributed by atoms with Gasteiger partial charge in [-0.2, -0.15) is 11.8 Å². The molecule has 0 spiro atoms. The Morgan fingerprint density at radius 3 is 2.22 bits per heavy atom. The van der Waals surface area contributed by atoms with Gasteiger partial charge < -0.3 is 15.0 Å². The van der Waals surface area contributed by atoms with Gasteiger partial charge in [0.25, 0.3) is 0 Å². The number of nitrogens with zero attached hydrogens (tertiary/aromatic N) is 1. The van der Waals surface area contributed by atoms with Crippen LogP contribution in [-0.2, 0) is 14.3 Å². The summed E-state index contributed by atoms with van der Waals surface area (Å²) in [6.07, 6.45) is 0.445. The molecule has 1 aliphatic rings. The molecule has 1 heterocycles. The molecule has 0 bridgehead atoms. The molecule has 1 N–H and O–H groups in total. The van der Waals surface area contributed by atoms with E-state index in [4.69, 9.17) is 27.9 Å². The van der Waals surface area contributed by atoms with Crippen LogP contribution in [0.5, 0.6) is 0 Å². The summed E-state index contributed by atoms with van der Waals surface area (Å²) in [5.74, 6) is 0.0295. The molecule has 1 fully saturated rings. The second-order valence-electron chi connectivity index (χ2n) is 12.6. The second kappa shape index (κ2) is 15.1. The summed E-state index contributed by atoms with van der Waals surface area (Å²) >= 11 is 14.7. The highest BCUT2D eigenvalue weighted by atomic mass is 35.5. The van der Waals surface area contributed by atoms with Crippen LogP contribution in [0.4, 0.5) is 5.69 Å².